The maximum Gasteiger partial charge on any atom is 0.160 e. The van der Waals surface area contributed by atoms with Gasteiger partial charge in [0.15, 0.2) is 11.5 Å². The Bertz CT molecular complexity index is 368. The van der Waals surface area contributed by atoms with Gasteiger partial charge in [-0.1, -0.05) is 12.0 Å². The zero-order valence-corrected chi connectivity index (χ0v) is 8.95. The summed E-state index contributed by atoms with van der Waals surface area (Å²) in [6.07, 6.45) is 5.16. The van der Waals surface area contributed by atoms with Crippen LogP contribution >= 0.6 is 0 Å². The summed E-state index contributed by atoms with van der Waals surface area (Å²) < 4.78 is 5.02. The van der Waals surface area contributed by atoms with Crippen LogP contribution in [0, 0.1) is 12.3 Å². The number of methoxy groups -OCH3 is 1. The highest BCUT2D eigenvalue weighted by atomic mass is 16.5. The summed E-state index contributed by atoms with van der Waals surface area (Å²) in [5.74, 6) is 3.13. The molecule has 0 aliphatic rings. The number of ether oxygens (including phenoxy) is 1. The molecule has 2 N–H and O–H groups in total. The molecule has 1 aromatic rings. The van der Waals surface area contributed by atoms with E-state index in [4.69, 9.17) is 11.2 Å². The van der Waals surface area contributed by atoms with Gasteiger partial charge in [0.05, 0.1) is 13.7 Å². The van der Waals surface area contributed by atoms with Crippen molar-refractivity contribution in [2.24, 2.45) is 0 Å². The first-order chi connectivity index (χ1) is 7.19. The van der Waals surface area contributed by atoms with Crippen LogP contribution < -0.4 is 10.1 Å². The Balaban J connectivity index is 2.82. The summed E-state index contributed by atoms with van der Waals surface area (Å²) in [7, 11) is 1.53. The Labute approximate surface area is 90.1 Å². The topological polar surface area (TPSA) is 41.5 Å². The van der Waals surface area contributed by atoms with Gasteiger partial charge < -0.3 is 9.84 Å². The third-order valence-electron chi connectivity index (χ3n) is 2.21. The standard InChI is InChI=1S/C12H15NO2/c1-4-7-13-9(2)10-5-6-11(14)12(8-10)15-3/h1,5-6,8-9,13-14H,7H2,2-3H3. The van der Waals surface area contributed by atoms with Gasteiger partial charge in [0.25, 0.3) is 0 Å². The molecule has 1 aromatic carbocycles. The van der Waals surface area contributed by atoms with Gasteiger partial charge in [-0.25, -0.2) is 0 Å². The molecule has 15 heavy (non-hydrogen) atoms. The van der Waals surface area contributed by atoms with Crippen molar-refractivity contribution < 1.29 is 9.84 Å². The minimum absolute atomic E-state index is 0.135. The van der Waals surface area contributed by atoms with E-state index in [-0.39, 0.29) is 11.8 Å². The van der Waals surface area contributed by atoms with Gasteiger partial charge in [0.2, 0.25) is 0 Å². The summed E-state index contributed by atoms with van der Waals surface area (Å²) in [6, 6.07) is 5.38. The molecule has 3 heteroatoms. The van der Waals surface area contributed by atoms with Crippen LogP contribution in [-0.4, -0.2) is 18.8 Å². The molecule has 0 aliphatic carbocycles. The number of terminal acetylenes is 1. The Morgan fingerprint density at radius 3 is 2.93 bits per heavy atom. The van der Waals surface area contributed by atoms with Gasteiger partial charge in [-0.3, -0.25) is 5.32 Å². The first-order valence-corrected chi connectivity index (χ1v) is 4.72. The van der Waals surface area contributed by atoms with Crippen LogP contribution in [-0.2, 0) is 0 Å². The van der Waals surface area contributed by atoms with E-state index in [0.29, 0.717) is 12.3 Å². The van der Waals surface area contributed by atoms with Crippen molar-refractivity contribution in [3.8, 4) is 23.8 Å². The molecule has 0 fully saturated rings. The molecule has 1 rings (SSSR count). The van der Waals surface area contributed by atoms with Crippen LogP contribution in [0.15, 0.2) is 18.2 Å². The molecule has 0 aliphatic heterocycles. The van der Waals surface area contributed by atoms with E-state index in [2.05, 4.69) is 11.2 Å². The SMILES string of the molecule is C#CCNC(C)c1ccc(O)c(OC)c1. The van der Waals surface area contributed by atoms with E-state index in [0.717, 1.165) is 5.56 Å². The number of phenolic OH excluding ortho intramolecular Hbond substituents is 1. The van der Waals surface area contributed by atoms with E-state index in [1.54, 1.807) is 12.1 Å². The molecular weight excluding hydrogens is 190 g/mol. The predicted molar refractivity (Wildman–Crippen MR) is 59.9 cm³/mol. The van der Waals surface area contributed by atoms with Crippen molar-refractivity contribution in [1.82, 2.24) is 5.32 Å². The molecule has 0 heterocycles. The van der Waals surface area contributed by atoms with Gasteiger partial charge in [-0.05, 0) is 24.6 Å². The molecule has 0 bridgehead atoms. The largest absolute Gasteiger partial charge is 0.504 e. The van der Waals surface area contributed by atoms with Crippen LogP contribution in [0.25, 0.3) is 0 Å². The van der Waals surface area contributed by atoms with E-state index in [1.807, 2.05) is 13.0 Å². The first kappa shape index (κ1) is 11.4. The van der Waals surface area contributed by atoms with Gasteiger partial charge in [0, 0.05) is 6.04 Å². The lowest BCUT2D eigenvalue weighted by Gasteiger charge is -2.13. The molecule has 0 saturated heterocycles. The predicted octanol–water partition coefficient (Wildman–Crippen LogP) is 1.68. The van der Waals surface area contributed by atoms with Gasteiger partial charge >= 0.3 is 0 Å². The normalized spacial score (nSPS) is 11.8. The highest BCUT2D eigenvalue weighted by Gasteiger charge is 2.07. The fourth-order valence-corrected chi connectivity index (χ4v) is 1.29. The third kappa shape index (κ3) is 2.90. The lowest BCUT2D eigenvalue weighted by molar-refractivity contribution is 0.372. The van der Waals surface area contributed by atoms with Crippen molar-refractivity contribution in [3.63, 3.8) is 0 Å². The maximum atomic E-state index is 9.42. The number of hydrogen-bond acceptors (Lipinski definition) is 3. The van der Waals surface area contributed by atoms with Crippen molar-refractivity contribution in [1.29, 1.82) is 0 Å². The van der Waals surface area contributed by atoms with Crippen LogP contribution in [0.1, 0.15) is 18.5 Å². The zero-order valence-electron chi connectivity index (χ0n) is 8.95. The number of hydrogen-bond donors (Lipinski definition) is 2. The number of aromatic hydroxyl groups is 1. The molecule has 1 atom stereocenters. The van der Waals surface area contributed by atoms with E-state index in [1.165, 1.54) is 7.11 Å². The summed E-state index contributed by atoms with van der Waals surface area (Å²) in [6.45, 7) is 2.52. The molecule has 0 aromatic heterocycles. The highest BCUT2D eigenvalue weighted by molar-refractivity contribution is 5.42. The van der Waals surface area contributed by atoms with E-state index in [9.17, 15) is 5.11 Å². The fraction of sp³-hybridized carbons (Fsp3) is 0.333. The second kappa shape index (κ2) is 5.28. The Morgan fingerprint density at radius 2 is 2.33 bits per heavy atom. The summed E-state index contributed by atoms with van der Waals surface area (Å²) in [5, 5.41) is 12.6. The Kier molecular flexibility index (Phi) is 4.02. The van der Waals surface area contributed by atoms with Crippen LogP contribution in [0.3, 0.4) is 0 Å². The average Bonchev–Trinajstić information content (AvgIpc) is 2.26. The van der Waals surface area contributed by atoms with Crippen molar-refractivity contribution in [2.75, 3.05) is 13.7 Å². The minimum Gasteiger partial charge on any atom is -0.504 e. The second-order valence-corrected chi connectivity index (χ2v) is 3.24. The van der Waals surface area contributed by atoms with Crippen LogP contribution in [0.2, 0.25) is 0 Å². The average molecular weight is 205 g/mol. The van der Waals surface area contributed by atoms with E-state index >= 15 is 0 Å². The first-order valence-electron chi connectivity index (χ1n) is 4.72. The zero-order chi connectivity index (χ0) is 11.3. The Hall–Kier alpha value is -1.66. The molecule has 0 radical (unpaired) electrons. The summed E-state index contributed by atoms with van der Waals surface area (Å²) >= 11 is 0. The molecule has 0 spiro atoms. The van der Waals surface area contributed by atoms with Crippen molar-refractivity contribution in [3.05, 3.63) is 23.8 Å². The van der Waals surface area contributed by atoms with Crippen molar-refractivity contribution in [2.45, 2.75) is 13.0 Å². The van der Waals surface area contributed by atoms with E-state index < -0.39 is 0 Å². The molecular formula is C12H15NO2. The lowest BCUT2D eigenvalue weighted by atomic mass is 10.1. The monoisotopic (exact) mass is 205 g/mol. The maximum absolute atomic E-state index is 9.42. The van der Waals surface area contributed by atoms with Crippen molar-refractivity contribution >= 4 is 0 Å². The molecule has 0 amide bonds. The highest BCUT2D eigenvalue weighted by Crippen LogP contribution is 2.28. The third-order valence-corrected chi connectivity index (χ3v) is 2.21. The van der Waals surface area contributed by atoms with Crippen LogP contribution in [0.4, 0.5) is 0 Å². The lowest BCUT2D eigenvalue weighted by Crippen LogP contribution is -2.18. The van der Waals surface area contributed by atoms with Gasteiger partial charge in [-0.15, -0.1) is 6.42 Å². The summed E-state index contributed by atoms with van der Waals surface area (Å²) in [4.78, 5) is 0. The number of nitrogens with one attached hydrogen (secondary N) is 1. The fourth-order valence-electron chi connectivity index (χ4n) is 1.29. The quantitative estimate of drug-likeness (QED) is 0.735. The number of phenols is 1. The summed E-state index contributed by atoms with van der Waals surface area (Å²) in [5.41, 5.74) is 1.03. The van der Waals surface area contributed by atoms with Crippen LogP contribution in [0.5, 0.6) is 11.5 Å². The minimum atomic E-state index is 0.135. The second-order valence-electron chi connectivity index (χ2n) is 3.24. The number of rotatable bonds is 4. The van der Waals surface area contributed by atoms with Gasteiger partial charge in [-0.2, -0.15) is 0 Å². The Morgan fingerprint density at radius 1 is 1.60 bits per heavy atom. The molecule has 80 valence electrons. The molecule has 0 saturated carbocycles. The van der Waals surface area contributed by atoms with Gasteiger partial charge in [0.1, 0.15) is 0 Å². The number of benzene rings is 1. The molecule has 3 nitrogen and oxygen atoms in total. The smallest absolute Gasteiger partial charge is 0.160 e. The molecule has 1 unspecified atom stereocenters.